The Labute approximate surface area is 97.4 Å². The number of hydrogen-bond acceptors (Lipinski definition) is 3. The predicted molar refractivity (Wildman–Crippen MR) is 61.0 cm³/mol. The van der Waals surface area contributed by atoms with Crippen molar-refractivity contribution in [3.05, 3.63) is 11.9 Å². The van der Waals surface area contributed by atoms with Crippen molar-refractivity contribution < 1.29 is 4.79 Å². The topological polar surface area (TPSA) is 59.8 Å². The Balaban J connectivity index is 2.19. The van der Waals surface area contributed by atoms with Crippen LogP contribution in [0.2, 0.25) is 0 Å². The molecule has 0 aromatic carbocycles. The number of unbranched alkanes of at least 4 members (excludes halogenated alkanes) is 2. The molecule has 0 unspecified atom stereocenters. The van der Waals surface area contributed by atoms with Crippen molar-refractivity contribution in [1.29, 1.82) is 0 Å². The molecule has 5 nitrogen and oxygen atoms in total. The van der Waals surface area contributed by atoms with Crippen LogP contribution < -0.4 is 5.32 Å². The van der Waals surface area contributed by atoms with Gasteiger partial charge in [0.1, 0.15) is 0 Å². The number of aryl methyl sites for hydroxylation is 1. The molecule has 1 rings (SSSR count). The molecular formula is C9H15BrN4O. The molecule has 0 atom stereocenters. The smallest absolute Gasteiger partial charge is 0.273 e. The van der Waals surface area contributed by atoms with E-state index in [0.717, 1.165) is 24.6 Å². The van der Waals surface area contributed by atoms with Gasteiger partial charge in [-0.2, -0.15) is 0 Å². The van der Waals surface area contributed by atoms with Gasteiger partial charge in [0.2, 0.25) is 0 Å². The standard InChI is InChI=1S/C9H15BrN4O/c1-14-7-8(12-13-14)9(15)11-6-4-2-3-5-10/h7H,2-6H2,1H3,(H,11,15). The zero-order valence-corrected chi connectivity index (χ0v) is 10.3. The van der Waals surface area contributed by atoms with Gasteiger partial charge in [-0.05, 0) is 12.8 Å². The SMILES string of the molecule is Cn1cc(C(=O)NCCCCCBr)nn1. The number of rotatable bonds is 6. The number of halogens is 1. The number of nitrogens with one attached hydrogen (secondary N) is 1. The highest BCUT2D eigenvalue weighted by molar-refractivity contribution is 9.09. The molecule has 0 bridgehead atoms. The first-order valence-corrected chi connectivity index (χ1v) is 6.06. The maximum atomic E-state index is 11.5. The zero-order valence-electron chi connectivity index (χ0n) is 8.74. The summed E-state index contributed by atoms with van der Waals surface area (Å²) in [6.45, 7) is 0.697. The summed E-state index contributed by atoms with van der Waals surface area (Å²) in [5, 5.41) is 11.2. The molecule has 1 N–H and O–H groups in total. The first-order chi connectivity index (χ1) is 7.24. The molecule has 15 heavy (non-hydrogen) atoms. The van der Waals surface area contributed by atoms with Crippen molar-refractivity contribution in [3.8, 4) is 0 Å². The Hall–Kier alpha value is -0.910. The fraction of sp³-hybridized carbons (Fsp3) is 0.667. The van der Waals surface area contributed by atoms with Crippen LogP contribution in [0.15, 0.2) is 6.20 Å². The van der Waals surface area contributed by atoms with E-state index < -0.39 is 0 Å². The van der Waals surface area contributed by atoms with Gasteiger partial charge in [0.25, 0.3) is 5.91 Å². The lowest BCUT2D eigenvalue weighted by Gasteiger charge is -2.01. The minimum absolute atomic E-state index is 0.151. The van der Waals surface area contributed by atoms with Gasteiger partial charge in [-0.3, -0.25) is 9.48 Å². The van der Waals surface area contributed by atoms with Gasteiger partial charge < -0.3 is 5.32 Å². The van der Waals surface area contributed by atoms with Crippen molar-refractivity contribution in [2.24, 2.45) is 7.05 Å². The van der Waals surface area contributed by atoms with Crippen molar-refractivity contribution in [2.45, 2.75) is 19.3 Å². The summed E-state index contributed by atoms with van der Waals surface area (Å²) >= 11 is 3.36. The number of amides is 1. The Morgan fingerprint density at radius 2 is 2.33 bits per heavy atom. The van der Waals surface area contributed by atoms with Gasteiger partial charge in [-0.25, -0.2) is 0 Å². The van der Waals surface area contributed by atoms with Crippen LogP contribution in [0.5, 0.6) is 0 Å². The third-order valence-electron chi connectivity index (χ3n) is 1.93. The van der Waals surface area contributed by atoms with Crippen LogP contribution in [0.1, 0.15) is 29.8 Å². The summed E-state index contributed by atoms with van der Waals surface area (Å²) in [7, 11) is 1.74. The lowest BCUT2D eigenvalue weighted by Crippen LogP contribution is -2.24. The quantitative estimate of drug-likeness (QED) is 0.625. The molecule has 0 spiro atoms. The molecular weight excluding hydrogens is 260 g/mol. The van der Waals surface area contributed by atoms with E-state index in [2.05, 4.69) is 31.6 Å². The second-order valence-electron chi connectivity index (χ2n) is 3.28. The average molecular weight is 275 g/mol. The summed E-state index contributed by atoms with van der Waals surface area (Å²) in [6, 6.07) is 0. The van der Waals surface area contributed by atoms with Crippen molar-refractivity contribution in [1.82, 2.24) is 20.3 Å². The molecule has 6 heteroatoms. The molecule has 0 aliphatic rings. The second kappa shape index (κ2) is 6.55. The third kappa shape index (κ3) is 4.42. The van der Waals surface area contributed by atoms with E-state index in [4.69, 9.17) is 0 Å². The van der Waals surface area contributed by atoms with Crippen LogP contribution in [0, 0.1) is 0 Å². The molecule has 0 radical (unpaired) electrons. The highest BCUT2D eigenvalue weighted by Gasteiger charge is 2.07. The Bertz CT molecular complexity index is 313. The largest absolute Gasteiger partial charge is 0.351 e. The highest BCUT2D eigenvalue weighted by Crippen LogP contribution is 1.97. The molecule has 84 valence electrons. The Kier molecular flexibility index (Phi) is 5.31. The highest BCUT2D eigenvalue weighted by atomic mass is 79.9. The van der Waals surface area contributed by atoms with Crippen LogP contribution >= 0.6 is 15.9 Å². The maximum Gasteiger partial charge on any atom is 0.273 e. The van der Waals surface area contributed by atoms with E-state index in [1.165, 1.54) is 4.68 Å². The predicted octanol–water partition coefficient (Wildman–Crippen LogP) is 1.11. The maximum absolute atomic E-state index is 11.5. The lowest BCUT2D eigenvalue weighted by molar-refractivity contribution is 0.0948. The number of nitrogens with zero attached hydrogens (tertiary/aromatic N) is 3. The monoisotopic (exact) mass is 274 g/mol. The summed E-state index contributed by atoms with van der Waals surface area (Å²) in [5.74, 6) is -0.151. The number of carbonyl (C=O) groups is 1. The first-order valence-electron chi connectivity index (χ1n) is 4.94. The van der Waals surface area contributed by atoms with Gasteiger partial charge in [-0.15, -0.1) is 5.10 Å². The van der Waals surface area contributed by atoms with Gasteiger partial charge in [0.15, 0.2) is 5.69 Å². The minimum Gasteiger partial charge on any atom is -0.351 e. The van der Waals surface area contributed by atoms with Gasteiger partial charge in [-0.1, -0.05) is 27.6 Å². The van der Waals surface area contributed by atoms with Gasteiger partial charge in [0.05, 0.1) is 6.20 Å². The molecule has 0 saturated carbocycles. The summed E-state index contributed by atoms with van der Waals surface area (Å²) < 4.78 is 1.51. The number of hydrogen-bond donors (Lipinski definition) is 1. The fourth-order valence-electron chi connectivity index (χ4n) is 1.14. The molecule has 0 aliphatic carbocycles. The van der Waals surface area contributed by atoms with Crippen molar-refractivity contribution in [2.75, 3.05) is 11.9 Å². The molecule has 1 aromatic heterocycles. The van der Waals surface area contributed by atoms with E-state index in [1.807, 2.05) is 0 Å². The lowest BCUT2D eigenvalue weighted by atomic mass is 10.2. The zero-order chi connectivity index (χ0) is 11.1. The summed E-state index contributed by atoms with van der Waals surface area (Å²) in [5.41, 5.74) is 0.373. The van der Waals surface area contributed by atoms with E-state index in [0.29, 0.717) is 12.2 Å². The van der Waals surface area contributed by atoms with Crippen molar-refractivity contribution in [3.63, 3.8) is 0 Å². The number of aromatic nitrogens is 3. The number of carbonyl (C=O) groups excluding carboxylic acids is 1. The Morgan fingerprint density at radius 1 is 1.53 bits per heavy atom. The summed E-state index contributed by atoms with van der Waals surface area (Å²) in [6.07, 6.45) is 4.86. The minimum atomic E-state index is -0.151. The molecule has 1 heterocycles. The van der Waals surface area contributed by atoms with Crippen LogP contribution in [0.3, 0.4) is 0 Å². The fourth-order valence-corrected chi connectivity index (χ4v) is 1.54. The molecule has 0 saturated heterocycles. The van der Waals surface area contributed by atoms with Crippen LogP contribution in [-0.4, -0.2) is 32.8 Å². The molecule has 1 amide bonds. The van der Waals surface area contributed by atoms with Crippen LogP contribution in [0.4, 0.5) is 0 Å². The molecule has 1 aromatic rings. The second-order valence-corrected chi connectivity index (χ2v) is 4.08. The van der Waals surface area contributed by atoms with E-state index in [1.54, 1.807) is 13.2 Å². The number of alkyl halides is 1. The normalized spacial score (nSPS) is 10.3. The van der Waals surface area contributed by atoms with Crippen LogP contribution in [0.25, 0.3) is 0 Å². The Morgan fingerprint density at radius 3 is 2.93 bits per heavy atom. The van der Waals surface area contributed by atoms with E-state index in [-0.39, 0.29) is 5.91 Å². The molecule has 0 fully saturated rings. The molecule has 0 aliphatic heterocycles. The van der Waals surface area contributed by atoms with Gasteiger partial charge in [0, 0.05) is 18.9 Å². The van der Waals surface area contributed by atoms with Crippen molar-refractivity contribution >= 4 is 21.8 Å². The average Bonchev–Trinajstić information content (AvgIpc) is 2.64. The first kappa shape index (κ1) is 12.2. The summed E-state index contributed by atoms with van der Waals surface area (Å²) in [4.78, 5) is 11.5. The van der Waals surface area contributed by atoms with E-state index in [9.17, 15) is 4.79 Å². The van der Waals surface area contributed by atoms with Gasteiger partial charge >= 0.3 is 0 Å². The van der Waals surface area contributed by atoms with Crippen LogP contribution in [-0.2, 0) is 7.05 Å². The van der Waals surface area contributed by atoms with E-state index >= 15 is 0 Å². The third-order valence-corrected chi connectivity index (χ3v) is 2.49.